The molecule has 0 radical (unpaired) electrons. The topological polar surface area (TPSA) is 51.2 Å². The van der Waals surface area contributed by atoms with Gasteiger partial charge in [0.15, 0.2) is 5.78 Å². The zero-order valence-corrected chi connectivity index (χ0v) is 12.7. The summed E-state index contributed by atoms with van der Waals surface area (Å²) in [7, 11) is -3.16. The van der Waals surface area contributed by atoms with Crippen molar-refractivity contribution in [1.82, 2.24) is 0 Å². The Morgan fingerprint density at radius 1 is 1.35 bits per heavy atom. The molecule has 0 amide bonds. The van der Waals surface area contributed by atoms with Crippen molar-refractivity contribution in [1.29, 1.82) is 0 Å². The molecule has 1 saturated carbocycles. The van der Waals surface area contributed by atoms with E-state index in [2.05, 4.69) is 0 Å². The van der Waals surface area contributed by atoms with Gasteiger partial charge in [-0.3, -0.25) is 4.79 Å². The quantitative estimate of drug-likeness (QED) is 0.804. The van der Waals surface area contributed by atoms with Crippen LogP contribution in [0.4, 0.5) is 4.39 Å². The smallest absolute Gasteiger partial charge is 0.168 e. The summed E-state index contributed by atoms with van der Waals surface area (Å²) in [5.74, 6) is -1.41. The van der Waals surface area contributed by atoms with Crippen molar-refractivity contribution in [3.63, 3.8) is 0 Å². The Morgan fingerprint density at radius 3 is 2.70 bits per heavy atom. The van der Waals surface area contributed by atoms with Crippen LogP contribution in [0, 0.1) is 11.7 Å². The van der Waals surface area contributed by atoms with E-state index in [1.807, 2.05) is 0 Å². The average Bonchev–Trinajstić information content (AvgIpc) is 2.40. The molecule has 0 bridgehead atoms. The van der Waals surface area contributed by atoms with Crippen LogP contribution < -0.4 is 0 Å². The number of benzene rings is 1. The minimum Gasteiger partial charge on any atom is -0.294 e. The second-order valence-electron chi connectivity index (χ2n) is 5.30. The number of ketones is 1. The van der Waals surface area contributed by atoms with E-state index in [4.69, 9.17) is 11.6 Å². The first-order chi connectivity index (χ1) is 9.29. The number of hydrogen-bond acceptors (Lipinski definition) is 3. The van der Waals surface area contributed by atoms with Crippen LogP contribution in [0.5, 0.6) is 0 Å². The predicted octanol–water partition coefficient (Wildman–Crippen LogP) is 3.27. The largest absolute Gasteiger partial charge is 0.294 e. The maximum Gasteiger partial charge on any atom is 0.168 e. The predicted molar refractivity (Wildman–Crippen MR) is 76.3 cm³/mol. The highest BCUT2D eigenvalue weighted by atomic mass is 35.5. The fourth-order valence-corrected chi connectivity index (χ4v) is 4.03. The summed E-state index contributed by atoms with van der Waals surface area (Å²) in [5.41, 5.74) is -0.0448. The van der Waals surface area contributed by atoms with Gasteiger partial charge in [-0.2, -0.15) is 0 Å². The fourth-order valence-electron chi connectivity index (χ4n) is 2.68. The number of Topliss-reactive ketones (excluding diaryl/α,β-unsaturated/α-hetero) is 1. The van der Waals surface area contributed by atoms with Crippen LogP contribution in [0.25, 0.3) is 0 Å². The Kier molecular flexibility index (Phi) is 4.49. The maximum absolute atomic E-state index is 13.7. The van der Waals surface area contributed by atoms with Crippen LogP contribution in [0.1, 0.15) is 36.0 Å². The first-order valence-electron chi connectivity index (χ1n) is 6.47. The van der Waals surface area contributed by atoms with Gasteiger partial charge >= 0.3 is 0 Å². The zero-order chi connectivity index (χ0) is 14.9. The molecule has 20 heavy (non-hydrogen) atoms. The van der Waals surface area contributed by atoms with Gasteiger partial charge in [0.05, 0.1) is 10.8 Å². The lowest BCUT2D eigenvalue weighted by Crippen LogP contribution is -2.31. The second-order valence-corrected chi connectivity index (χ2v) is 8.07. The third-order valence-electron chi connectivity index (χ3n) is 3.80. The molecule has 2 atom stereocenters. The normalized spacial score (nSPS) is 23.6. The van der Waals surface area contributed by atoms with Crippen molar-refractivity contribution >= 4 is 27.2 Å². The van der Waals surface area contributed by atoms with Crippen LogP contribution in [0.2, 0.25) is 5.02 Å². The lowest BCUT2D eigenvalue weighted by Gasteiger charge is -2.27. The summed E-state index contributed by atoms with van der Waals surface area (Å²) in [4.78, 5) is 12.4. The Hall–Kier alpha value is -0.940. The average molecular weight is 319 g/mol. The van der Waals surface area contributed by atoms with E-state index < -0.39 is 26.8 Å². The van der Waals surface area contributed by atoms with Gasteiger partial charge < -0.3 is 0 Å². The summed E-state index contributed by atoms with van der Waals surface area (Å²) >= 11 is 5.79. The van der Waals surface area contributed by atoms with E-state index in [1.54, 1.807) is 0 Å². The molecule has 1 aliphatic rings. The minimum absolute atomic E-state index is 0.0448. The molecule has 110 valence electrons. The number of rotatable bonds is 3. The van der Waals surface area contributed by atoms with Gasteiger partial charge in [0.2, 0.25) is 0 Å². The molecule has 1 aliphatic carbocycles. The summed E-state index contributed by atoms with van der Waals surface area (Å²) in [5, 5.41) is -0.210. The standard InChI is InChI=1S/C14H16ClFO3S/c1-20(18,19)11-4-2-3-9(7-11)14(17)12-8-10(15)5-6-13(12)16/h5-6,8-9,11H,2-4,7H2,1H3. The van der Waals surface area contributed by atoms with E-state index in [0.29, 0.717) is 24.3 Å². The number of sulfone groups is 1. The summed E-state index contributed by atoms with van der Waals surface area (Å²) in [6, 6.07) is 3.85. The molecule has 6 heteroatoms. The monoisotopic (exact) mass is 318 g/mol. The molecule has 0 spiro atoms. The molecule has 0 saturated heterocycles. The Balaban J connectivity index is 2.23. The van der Waals surface area contributed by atoms with Crippen molar-refractivity contribution in [2.75, 3.05) is 6.26 Å². The molecule has 0 aliphatic heterocycles. The lowest BCUT2D eigenvalue weighted by atomic mass is 9.83. The molecular weight excluding hydrogens is 303 g/mol. The summed E-state index contributed by atoms with van der Waals surface area (Å²) in [6.45, 7) is 0. The van der Waals surface area contributed by atoms with Gasteiger partial charge in [0.1, 0.15) is 15.7 Å². The van der Waals surface area contributed by atoms with Crippen LogP contribution in [0.15, 0.2) is 18.2 Å². The lowest BCUT2D eigenvalue weighted by molar-refractivity contribution is 0.0886. The van der Waals surface area contributed by atoms with E-state index in [9.17, 15) is 17.6 Å². The van der Waals surface area contributed by atoms with Crippen molar-refractivity contribution in [2.45, 2.75) is 30.9 Å². The van der Waals surface area contributed by atoms with Gasteiger partial charge in [-0.25, -0.2) is 12.8 Å². The van der Waals surface area contributed by atoms with Gasteiger partial charge in [-0.1, -0.05) is 18.0 Å². The number of carbonyl (C=O) groups is 1. The highest BCUT2D eigenvalue weighted by molar-refractivity contribution is 7.91. The van der Waals surface area contributed by atoms with Crippen LogP contribution >= 0.6 is 11.6 Å². The third kappa shape index (κ3) is 3.38. The molecule has 0 aromatic heterocycles. The van der Waals surface area contributed by atoms with Crippen LogP contribution in [-0.4, -0.2) is 25.7 Å². The van der Waals surface area contributed by atoms with Crippen LogP contribution in [-0.2, 0) is 9.84 Å². The Bertz CT molecular complexity index is 627. The summed E-state index contributed by atoms with van der Waals surface area (Å²) < 4.78 is 36.9. The molecule has 3 nitrogen and oxygen atoms in total. The molecular formula is C14H16ClFO3S. The van der Waals surface area contributed by atoms with Crippen LogP contribution in [0.3, 0.4) is 0 Å². The minimum atomic E-state index is -3.16. The highest BCUT2D eigenvalue weighted by Gasteiger charge is 2.33. The molecule has 1 aromatic carbocycles. The van der Waals surface area contributed by atoms with Gasteiger partial charge in [-0.05, 0) is 37.5 Å². The van der Waals surface area contributed by atoms with Crippen molar-refractivity contribution < 1.29 is 17.6 Å². The zero-order valence-electron chi connectivity index (χ0n) is 11.1. The maximum atomic E-state index is 13.7. The molecule has 1 fully saturated rings. The van der Waals surface area contributed by atoms with Gasteiger partial charge in [-0.15, -0.1) is 0 Å². The van der Waals surface area contributed by atoms with E-state index in [-0.39, 0.29) is 17.8 Å². The second kappa shape index (κ2) is 5.82. The first kappa shape index (κ1) is 15.4. The van der Waals surface area contributed by atoms with Crippen molar-refractivity contribution in [2.24, 2.45) is 5.92 Å². The van der Waals surface area contributed by atoms with E-state index in [1.165, 1.54) is 18.4 Å². The number of carbonyl (C=O) groups excluding carboxylic acids is 1. The molecule has 0 N–H and O–H groups in total. The number of halogens is 2. The third-order valence-corrected chi connectivity index (χ3v) is 5.67. The molecule has 1 aromatic rings. The number of hydrogen-bond donors (Lipinski definition) is 0. The molecule has 2 unspecified atom stereocenters. The SMILES string of the molecule is CS(=O)(=O)C1CCCC(C(=O)c2cc(Cl)ccc2F)C1. The van der Waals surface area contributed by atoms with E-state index >= 15 is 0 Å². The molecule has 0 heterocycles. The molecule has 2 rings (SSSR count). The Morgan fingerprint density at radius 2 is 2.05 bits per heavy atom. The Labute approximate surface area is 123 Å². The highest BCUT2D eigenvalue weighted by Crippen LogP contribution is 2.31. The van der Waals surface area contributed by atoms with Gasteiger partial charge in [0.25, 0.3) is 0 Å². The van der Waals surface area contributed by atoms with Crippen molar-refractivity contribution in [3.8, 4) is 0 Å². The first-order valence-corrected chi connectivity index (χ1v) is 8.80. The fraction of sp³-hybridized carbons (Fsp3) is 0.500. The summed E-state index contributed by atoms with van der Waals surface area (Å²) in [6.07, 6.45) is 3.28. The van der Waals surface area contributed by atoms with Crippen molar-refractivity contribution in [3.05, 3.63) is 34.6 Å². The van der Waals surface area contributed by atoms with Gasteiger partial charge in [0, 0.05) is 17.2 Å². The van der Waals surface area contributed by atoms with E-state index in [0.717, 1.165) is 6.07 Å².